The van der Waals surface area contributed by atoms with E-state index in [1.54, 1.807) is 0 Å². The van der Waals surface area contributed by atoms with Gasteiger partial charge in [0.15, 0.2) is 12.6 Å². The second-order valence-electron chi connectivity index (χ2n) is 6.10. The number of ether oxygens (including phenoxy) is 3. The molecular formula is C12H23O14P. The molecule has 2 aliphatic heterocycles. The van der Waals surface area contributed by atoms with Crippen LogP contribution in [-0.2, 0) is 23.3 Å². The number of hydrogen-bond donors (Lipinski definition) is 9. The van der Waals surface area contributed by atoms with E-state index in [4.69, 9.17) is 24.0 Å². The third kappa shape index (κ3) is 5.20. The number of aliphatic hydroxyl groups is 7. The largest absolute Gasteiger partial charge is 0.470 e. The molecule has 15 heteroatoms. The molecule has 0 amide bonds. The second-order valence-corrected chi connectivity index (χ2v) is 7.29. The van der Waals surface area contributed by atoms with Crippen molar-refractivity contribution >= 4 is 7.82 Å². The average molecular weight is 422 g/mol. The Bertz CT molecular complexity index is 526. The van der Waals surface area contributed by atoms with Gasteiger partial charge in [0.25, 0.3) is 0 Å². The van der Waals surface area contributed by atoms with Gasteiger partial charge >= 0.3 is 7.82 Å². The highest BCUT2D eigenvalue weighted by Crippen LogP contribution is 2.41. The predicted molar refractivity (Wildman–Crippen MR) is 79.5 cm³/mol. The van der Waals surface area contributed by atoms with Gasteiger partial charge in [-0.25, -0.2) is 4.57 Å². The summed E-state index contributed by atoms with van der Waals surface area (Å²) in [4.78, 5) is 17.9. The fourth-order valence-corrected chi connectivity index (χ4v) is 3.40. The summed E-state index contributed by atoms with van der Waals surface area (Å²) >= 11 is 0. The molecule has 9 N–H and O–H groups in total. The van der Waals surface area contributed by atoms with E-state index in [-0.39, 0.29) is 0 Å². The average Bonchev–Trinajstić information content (AvgIpc) is 2.59. The van der Waals surface area contributed by atoms with Crippen LogP contribution in [0.25, 0.3) is 0 Å². The molecule has 2 rings (SSSR count). The van der Waals surface area contributed by atoms with Crippen molar-refractivity contribution in [2.24, 2.45) is 0 Å². The van der Waals surface area contributed by atoms with Gasteiger partial charge in [-0.2, -0.15) is 0 Å². The van der Waals surface area contributed by atoms with E-state index in [0.29, 0.717) is 0 Å². The lowest BCUT2D eigenvalue weighted by Gasteiger charge is -2.45. The van der Waals surface area contributed by atoms with Gasteiger partial charge in [-0.1, -0.05) is 0 Å². The molecule has 14 nitrogen and oxygen atoms in total. The van der Waals surface area contributed by atoms with Gasteiger partial charge < -0.3 is 59.7 Å². The van der Waals surface area contributed by atoms with Crippen molar-refractivity contribution in [2.45, 2.75) is 61.4 Å². The number of aliphatic hydroxyl groups excluding tert-OH is 7. The van der Waals surface area contributed by atoms with E-state index in [0.717, 1.165) is 0 Å². The lowest BCUT2D eigenvalue weighted by atomic mass is 9.97. The third-order valence-corrected chi connectivity index (χ3v) is 4.73. The van der Waals surface area contributed by atoms with E-state index in [2.05, 4.69) is 4.52 Å². The van der Waals surface area contributed by atoms with Crippen molar-refractivity contribution in [2.75, 3.05) is 13.2 Å². The van der Waals surface area contributed by atoms with Gasteiger partial charge in [0.2, 0.25) is 0 Å². The van der Waals surface area contributed by atoms with Crippen LogP contribution in [0, 0.1) is 0 Å². The minimum Gasteiger partial charge on any atom is -0.394 e. The number of rotatable bonds is 6. The van der Waals surface area contributed by atoms with Crippen molar-refractivity contribution < 1.29 is 68.8 Å². The molecule has 1 unspecified atom stereocenters. The Balaban J connectivity index is 2.21. The second kappa shape index (κ2) is 9.02. The summed E-state index contributed by atoms with van der Waals surface area (Å²) in [7, 11) is -5.16. The van der Waals surface area contributed by atoms with E-state index >= 15 is 0 Å². The van der Waals surface area contributed by atoms with Crippen molar-refractivity contribution in [3.8, 4) is 0 Å². The van der Waals surface area contributed by atoms with E-state index in [1.807, 2.05) is 0 Å². The maximum Gasteiger partial charge on any atom is 0.470 e. The highest BCUT2D eigenvalue weighted by molar-refractivity contribution is 7.46. The Labute approximate surface area is 152 Å². The lowest BCUT2D eigenvalue weighted by Crippen LogP contribution is -2.64. The van der Waals surface area contributed by atoms with Crippen LogP contribution in [0.1, 0.15) is 0 Å². The van der Waals surface area contributed by atoms with Gasteiger partial charge in [0.1, 0.15) is 48.8 Å². The summed E-state index contributed by atoms with van der Waals surface area (Å²) < 4.78 is 30.7. The summed E-state index contributed by atoms with van der Waals surface area (Å²) in [6, 6.07) is 0. The van der Waals surface area contributed by atoms with Crippen LogP contribution in [-0.4, -0.2) is 120 Å². The SMILES string of the molecule is O=P(O)(O)O[C@H]1[C@@H](O)[C@@H](CO)O[C@@H](O[C@H]2[C@H](O)[C@@H](O)C(O)O[C@@H]2CO)[C@@H]1O. The lowest BCUT2D eigenvalue weighted by molar-refractivity contribution is -0.354. The van der Waals surface area contributed by atoms with Crippen LogP contribution in [0.4, 0.5) is 0 Å². The van der Waals surface area contributed by atoms with Gasteiger partial charge in [-0.05, 0) is 0 Å². The molecule has 160 valence electrons. The standard InChI is InChI=1S/C12H23O14P/c13-1-3-5(15)10(26-27(20,21)22)8(18)12(24-3)25-9-4(2-14)23-11(19)7(17)6(9)16/h3-19H,1-2H2,(H2,20,21,22)/t3-,4-,5+,6-,7-,8-,9-,10+,11?,12+/m1/s1. The van der Waals surface area contributed by atoms with Crippen LogP contribution in [0.3, 0.4) is 0 Å². The predicted octanol–water partition coefficient (Wildman–Crippen LogP) is -5.28. The highest BCUT2D eigenvalue weighted by atomic mass is 31.2. The van der Waals surface area contributed by atoms with E-state index < -0.39 is 82.4 Å². The van der Waals surface area contributed by atoms with Crippen molar-refractivity contribution in [1.82, 2.24) is 0 Å². The quantitative estimate of drug-likeness (QED) is 0.182. The Kier molecular flexibility index (Phi) is 7.68. The minimum atomic E-state index is -5.16. The topological polar surface area (TPSA) is 236 Å². The molecular weight excluding hydrogens is 399 g/mol. The molecule has 0 saturated carbocycles. The third-order valence-electron chi connectivity index (χ3n) is 4.21. The molecule has 2 fully saturated rings. The molecule has 0 aliphatic carbocycles. The van der Waals surface area contributed by atoms with Crippen LogP contribution in [0.15, 0.2) is 0 Å². The molecule has 10 atom stereocenters. The van der Waals surface area contributed by atoms with E-state index in [1.165, 1.54) is 0 Å². The summed E-state index contributed by atoms with van der Waals surface area (Å²) in [5.41, 5.74) is 0. The summed E-state index contributed by atoms with van der Waals surface area (Å²) in [5, 5.41) is 67.9. The van der Waals surface area contributed by atoms with Crippen LogP contribution < -0.4 is 0 Å². The zero-order chi connectivity index (χ0) is 20.5. The molecule has 0 radical (unpaired) electrons. The molecule has 2 saturated heterocycles. The highest BCUT2D eigenvalue weighted by Gasteiger charge is 2.52. The first kappa shape index (κ1) is 23.0. The number of phosphoric acid groups is 1. The van der Waals surface area contributed by atoms with Crippen molar-refractivity contribution in [3.63, 3.8) is 0 Å². The molecule has 0 aromatic heterocycles. The maximum atomic E-state index is 11.1. The monoisotopic (exact) mass is 422 g/mol. The summed E-state index contributed by atoms with van der Waals surface area (Å²) in [6.45, 7) is -1.62. The molecule has 2 heterocycles. The van der Waals surface area contributed by atoms with Crippen LogP contribution in [0.5, 0.6) is 0 Å². The molecule has 0 aromatic carbocycles. The van der Waals surface area contributed by atoms with Crippen molar-refractivity contribution in [3.05, 3.63) is 0 Å². The molecule has 2 aliphatic rings. The number of phosphoric ester groups is 1. The molecule has 0 spiro atoms. The Morgan fingerprint density at radius 2 is 1.37 bits per heavy atom. The first-order valence-electron chi connectivity index (χ1n) is 7.82. The molecule has 27 heavy (non-hydrogen) atoms. The Morgan fingerprint density at radius 1 is 0.778 bits per heavy atom. The van der Waals surface area contributed by atoms with Crippen LogP contribution in [0.2, 0.25) is 0 Å². The smallest absolute Gasteiger partial charge is 0.394 e. The van der Waals surface area contributed by atoms with Crippen molar-refractivity contribution in [1.29, 1.82) is 0 Å². The van der Waals surface area contributed by atoms with E-state index in [9.17, 15) is 40.3 Å². The van der Waals surface area contributed by atoms with Gasteiger partial charge in [-0.3, -0.25) is 4.52 Å². The maximum absolute atomic E-state index is 11.1. The first-order valence-corrected chi connectivity index (χ1v) is 9.35. The fourth-order valence-electron chi connectivity index (χ4n) is 2.84. The van der Waals surface area contributed by atoms with Gasteiger partial charge in [-0.15, -0.1) is 0 Å². The minimum absolute atomic E-state index is 0.775. The zero-order valence-electron chi connectivity index (χ0n) is 13.7. The summed E-state index contributed by atoms with van der Waals surface area (Å²) in [5.74, 6) is 0. The Morgan fingerprint density at radius 3 is 1.89 bits per heavy atom. The fraction of sp³-hybridized carbons (Fsp3) is 1.00. The van der Waals surface area contributed by atoms with Gasteiger partial charge in [0, 0.05) is 0 Å². The normalized spacial score (nSPS) is 46.4. The van der Waals surface area contributed by atoms with Gasteiger partial charge in [0.05, 0.1) is 13.2 Å². The van der Waals surface area contributed by atoms with Crippen LogP contribution >= 0.6 is 7.82 Å². The summed E-state index contributed by atoms with van der Waals surface area (Å²) in [6.07, 6.45) is -17.5. The Hall–Kier alpha value is -0.290. The first-order chi connectivity index (χ1) is 12.5. The zero-order valence-corrected chi connectivity index (χ0v) is 14.6. The molecule has 0 aromatic rings. The molecule has 0 bridgehead atoms. The number of hydrogen-bond acceptors (Lipinski definition) is 12.